The van der Waals surface area contributed by atoms with Crippen molar-refractivity contribution in [3.8, 4) is 10.4 Å². The van der Waals surface area contributed by atoms with Crippen LogP contribution < -0.4 is 14.9 Å². The molecule has 2 N–H and O–H groups in total. The normalized spacial score (nSPS) is 15.9. The quantitative estimate of drug-likeness (QED) is 0.449. The third-order valence-electron chi connectivity index (χ3n) is 6.62. The maximum atomic E-state index is 13.3. The van der Waals surface area contributed by atoms with Gasteiger partial charge in [-0.15, -0.1) is 0 Å². The predicted molar refractivity (Wildman–Crippen MR) is 149 cm³/mol. The van der Waals surface area contributed by atoms with Crippen LogP contribution in [0.2, 0.25) is 0 Å². The van der Waals surface area contributed by atoms with E-state index >= 15 is 0 Å². The summed E-state index contributed by atoms with van der Waals surface area (Å²) in [5.74, 6) is 0.682. The number of hydrogen-bond donors (Lipinski definition) is 2. The summed E-state index contributed by atoms with van der Waals surface area (Å²) in [6, 6.07) is 8.72. The summed E-state index contributed by atoms with van der Waals surface area (Å²) in [5, 5.41) is 3.75. The van der Waals surface area contributed by atoms with Crippen LogP contribution in [-0.2, 0) is 21.3 Å². The number of benzene rings is 1. The van der Waals surface area contributed by atoms with Gasteiger partial charge in [-0.1, -0.05) is 17.4 Å². The fourth-order valence-electron chi connectivity index (χ4n) is 4.64. The predicted octanol–water partition coefficient (Wildman–Crippen LogP) is 4.27. The topological polar surface area (TPSA) is 134 Å². The number of hydrogen-bond acceptors (Lipinski definition) is 9. The molecule has 0 radical (unpaired) electrons. The molecule has 13 heteroatoms. The molecular formula is C26H30N6O5S2. The van der Waals surface area contributed by atoms with Crippen molar-refractivity contribution in [1.29, 1.82) is 0 Å². The second-order valence-corrected chi connectivity index (χ2v) is 13.2. The van der Waals surface area contributed by atoms with E-state index in [9.17, 15) is 18.0 Å². The van der Waals surface area contributed by atoms with Gasteiger partial charge in [0.25, 0.3) is 5.91 Å². The van der Waals surface area contributed by atoms with E-state index in [1.165, 1.54) is 23.3 Å². The summed E-state index contributed by atoms with van der Waals surface area (Å²) in [6.07, 6.45) is 0.302. The van der Waals surface area contributed by atoms with Crippen molar-refractivity contribution in [2.45, 2.75) is 51.1 Å². The molecule has 0 unspecified atom stereocenters. The van der Waals surface area contributed by atoms with Crippen LogP contribution in [0, 0.1) is 6.92 Å². The zero-order valence-electron chi connectivity index (χ0n) is 22.4. The lowest BCUT2D eigenvalue weighted by Crippen LogP contribution is -2.41. The molecule has 3 aromatic rings. The summed E-state index contributed by atoms with van der Waals surface area (Å²) >= 11 is 1.35. The minimum absolute atomic E-state index is 0.0423. The number of ether oxygens (including phenoxy) is 1. The van der Waals surface area contributed by atoms with Gasteiger partial charge < -0.3 is 15.0 Å². The molecule has 0 spiro atoms. The van der Waals surface area contributed by atoms with Crippen LogP contribution >= 0.6 is 11.3 Å². The highest BCUT2D eigenvalue weighted by Crippen LogP contribution is 2.40. The van der Waals surface area contributed by atoms with Crippen molar-refractivity contribution in [1.82, 2.24) is 19.6 Å². The number of carbonyl (C=O) groups excluding carboxylic acids is 2. The number of fused-ring (bicyclic) bond motifs is 1. The summed E-state index contributed by atoms with van der Waals surface area (Å²) in [5.41, 5.74) is 1.75. The Bertz CT molecular complexity index is 1580. The van der Waals surface area contributed by atoms with Crippen molar-refractivity contribution < 1.29 is 22.7 Å². The first-order chi connectivity index (χ1) is 18.4. The van der Waals surface area contributed by atoms with E-state index < -0.39 is 21.7 Å². The fourth-order valence-corrected chi connectivity index (χ4v) is 6.59. The van der Waals surface area contributed by atoms with Gasteiger partial charge in [0.2, 0.25) is 10.0 Å². The fraction of sp³-hybridized carbons (Fsp3) is 0.385. The van der Waals surface area contributed by atoms with Gasteiger partial charge in [-0.2, -0.15) is 0 Å². The Kier molecular flexibility index (Phi) is 6.85. The highest BCUT2D eigenvalue weighted by Gasteiger charge is 2.39. The van der Waals surface area contributed by atoms with E-state index in [1.54, 1.807) is 29.2 Å². The Morgan fingerprint density at radius 1 is 1.13 bits per heavy atom. The van der Waals surface area contributed by atoms with Crippen molar-refractivity contribution in [3.63, 3.8) is 0 Å². The molecule has 2 amide bonds. The number of carbonyl (C=O) groups is 2. The third-order valence-corrected chi connectivity index (χ3v) is 9.18. The number of aryl methyl sites for hydroxylation is 1. The summed E-state index contributed by atoms with van der Waals surface area (Å²) in [7, 11) is -2.58. The van der Waals surface area contributed by atoms with Crippen LogP contribution in [0.3, 0.4) is 0 Å². The molecule has 1 saturated heterocycles. The van der Waals surface area contributed by atoms with Crippen LogP contribution in [0.15, 0.2) is 35.2 Å². The van der Waals surface area contributed by atoms with Gasteiger partial charge in [-0.25, -0.2) is 27.9 Å². The van der Waals surface area contributed by atoms with Gasteiger partial charge in [-0.05, 0) is 76.6 Å². The number of sulfonamides is 1. The lowest BCUT2D eigenvalue weighted by atomic mass is 10.0. The molecule has 206 valence electrons. The number of nitrogens with one attached hydrogen (secondary N) is 2. The monoisotopic (exact) mass is 570 g/mol. The van der Waals surface area contributed by atoms with Crippen LogP contribution in [0.1, 0.15) is 48.8 Å². The SMILES string of the molecule is CNS(=O)(=O)c1cc(-c2sc(Nc3cccc(N4CCCOC4=O)n3)nc2C)cc2c1C(=O)N(C(C)(C)C)C2. The molecule has 1 aromatic carbocycles. The highest BCUT2D eigenvalue weighted by atomic mass is 32.2. The molecule has 0 bridgehead atoms. The summed E-state index contributed by atoms with van der Waals surface area (Å²) in [4.78, 5) is 38.5. The van der Waals surface area contributed by atoms with Crippen LogP contribution in [0.5, 0.6) is 0 Å². The maximum absolute atomic E-state index is 13.3. The smallest absolute Gasteiger partial charge is 0.415 e. The first-order valence-corrected chi connectivity index (χ1v) is 14.8. The lowest BCUT2D eigenvalue weighted by Gasteiger charge is -2.31. The number of pyridine rings is 1. The highest BCUT2D eigenvalue weighted by molar-refractivity contribution is 7.89. The molecule has 11 nitrogen and oxygen atoms in total. The van der Waals surface area contributed by atoms with Gasteiger partial charge in [0.15, 0.2) is 5.13 Å². The van der Waals surface area contributed by atoms with Crippen molar-refractivity contribution in [2.75, 3.05) is 30.4 Å². The largest absolute Gasteiger partial charge is 0.449 e. The molecule has 2 aliphatic rings. The first kappa shape index (κ1) is 27.0. The molecule has 0 atom stereocenters. The summed E-state index contributed by atoms with van der Waals surface area (Å²) < 4.78 is 33.5. The zero-order chi connectivity index (χ0) is 28.1. The van der Waals surface area contributed by atoms with Crippen LogP contribution in [0.4, 0.5) is 21.6 Å². The number of thiazole rings is 1. The number of rotatable bonds is 6. The van der Waals surface area contributed by atoms with Gasteiger partial charge >= 0.3 is 6.09 Å². The summed E-state index contributed by atoms with van der Waals surface area (Å²) in [6.45, 7) is 8.86. The van der Waals surface area contributed by atoms with E-state index in [2.05, 4.69) is 20.0 Å². The van der Waals surface area contributed by atoms with E-state index in [-0.39, 0.29) is 16.4 Å². The number of amides is 2. The molecule has 0 aliphatic carbocycles. The standard InChI is InChI=1S/C26H30N6O5S2/c1-15-22(38-24(28-15)30-19-8-6-9-20(29-19)31-10-7-11-37-25(31)34)16-12-17-14-32(26(2,3)4)23(33)21(17)18(13-16)39(35,36)27-5/h6,8-9,12-13,27H,7,10-11,14H2,1-5H3,(H,28,29,30). The second kappa shape index (κ2) is 9.88. The molecule has 39 heavy (non-hydrogen) atoms. The Morgan fingerprint density at radius 2 is 1.90 bits per heavy atom. The van der Waals surface area contributed by atoms with E-state index in [4.69, 9.17) is 4.74 Å². The van der Waals surface area contributed by atoms with Crippen LogP contribution in [0.25, 0.3) is 10.4 Å². The van der Waals surface area contributed by atoms with E-state index in [0.29, 0.717) is 53.3 Å². The zero-order valence-corrected chi connectivity index (χ0v) is 24.0. The number of cyclic esters (lactones) is 1. The van der Waals surface area contributed by atoms with Crippen molar-refractivity contribution in [3.05, 3.63) is 47.2 Å². The molecule has 4 heterocycles. The minimum atomic E-state index is -3.91. The van der Waals surface area contributed by atoms with Gasteiger partial charge in [-0.3, -0.25) is 9.69 Å². The van der Waals surface area contributed by atoms with Crippen LogP contribution in [-0.4, -0.2) is 61.0 Å². The molecular weight excluding hydrogens is 540 g/mol. The minimum Gasteiger partial charge on any atom is -0.449 e. The maximum Gasteiger partial charge on any atom is 0.415 e. The second-order valence-electron chi connectivity index (χ2n) is 10.3. The van der Waals surface area contributed by atoms with E-state index in [0.717, 1.165) is 11.3 Å². The third kappa shape index (κ3) is 5.09. The number of anilines is 3. The van der Waals surface area contributed by atoms with Crippen molar-refractivity contribution in [2.24, 2.45) is 0 Å². The Morgan fingerprint density at radius 3 is 2.59 bits per heavy atom. The molecule has 0 saturated carbocycles. The van der Waals surface area contributed by atoms with Gasteiger partial charge in [0.05, 0.1) is 27.6 Å². The number of aromatic nitrogens is 2. The Balaban J connectivity index is 1.50. The average molecular weight is 571 g/mol. The Labute approximate surface area is 231 Å². The van der Waals surface area contributed by atoms with Crippen molar-refractivity contribution >= 4 is 50.1 Å². The van der Waals surface area contributed by atoms with E-state index in [1.807, 2.05) is 33.8 Å². The Hall–Kier alpha value is -3.55. The molecule has 2 aromatic heterocycles. The first-order valence-electron chi connectivity index (χ1n) is 12.5. The lowest BCUT2D eigenvalue weighted by molar-refractivity contribution is 0.0607. The average Bonchev–Trinajstić information content (AvgIpc) is 3.43. The number of nitrogens with zero attached hydrogens (tertiary/aromatic N) is 4. The van der Waals surface area contributed by atoms with Gasteiger partial charge in [0.1, 0.15) is 11.6 Å². The molecule has 1 fully saturated rings. The molecule has 5 rings (SSSR count). The van der Waals surface area contributed by atoms with Gasteiger partial charge in [0, 0.05) is 18.6 Å². The molecule has 2 aliphatic heterocycles.